The highest BCUT2D eigenvalue weighted by molar-refractivity contribution is 7.08. The fourth-order valence-corrected chi connectivity index (χ4v) is 3.16. The highest BCUT2D eigenvalue weighted by Crippen LogP contribution is 2.34. The Labute approximate surface area is 162 Å². The summed E-state index contributed by atoms with van der Waals surface area (Å²) in [6, 6.07) is 5.14. The van der Waals surface area contributed by atoms with E-state index >= 15 is 0 Å². The van der Waals surface area contributed by atoms with Gasteiger partial charge in [0, 0.05) is 24.7 Å². The van der Waals surface area contributed by atoms with Crippen LogP contribution in [0.1, 0.15) is 27.5 Å². The minimum atomic E-state index is -3.19. The van der Waals surface area contributed by atoms with Crippen LogP contribution in [0.3, 0.4) is 0 Å². The highest BCUT2D eigenvalue weighted by atomic mass is 32.1. The molecule has 0 spiro atoms. The zero-order valence-corrected chi connectivity index (χ0v) is 15.9. The summed E-state index contributed by atoms with van der Waals surface area (Å²) in [5.74, 6) is -4.33. The summed E-state index contributed by atoms with van der Waals surface area (Å²) in [4.78, 5) is 12.5. The molecule has 1 amide bonds. The molecule has 2 aromatic heterocycles. The molecule has 10 heteroatoms. The number of amides is 1. The lowest BCUT2D eigenvalue weighted by atomic mass is 10.1. The topological polar surface area (TPSA) is 72.7 Å². The normalized spacial score (nSPS) is 11.5. The molecule has 6 nitrogen and oxygen atoms in total. The van der Waals surface area contributed by atoms with Crippen molar-refractivity contribution in [2.75, 3.05) is 5.32 Å². The number of nitrogens with zero attached hydrogens (tertiary/aromatic N) is 4. The number of anilines is 1. The van der Waals surface area contributed by atoms with Gasteiger partial charge in [0.05, 0.1) is 11.4 Å². The third kappa shape index (κ3) is 3.81. The predicted molar refractivity (Wildman–Crippen MR) is 99.9 cm³/mol. The molecule has 28 heavy (non-hydrogen) atoms. The standard InChI is InChI=1S/C18H16F3N5OS/c1-4-7-18(20,21)15-9-14(26(3)24-15)12-6-5-11(8-13(12)19)22-17(27)16-10(2)23-25-28-16/h4-6,8-9H,1,7H2,2-3H3,(H,22,27). The van der Waals surface area contributed by atoms with Crippen LogP contribution in [0.25, 0.3) is 11.3 Å². The van der Waals surface area contributed by atoms with Gasteiger partial charge in [0.1, 0.15) is 16.4 Å². The molecule has 0 unspecified atom stereocenters. The maximum absolute atomic E-state index is 14.6. The molecule has 0 atom stereocenters. The first-order valence-corrected chi connectivity index (χ1v) is 8.93. The van der Waals surface area contributed by atoms with Crippen LogP contribution in [-0.4, -0.2) is 25.3 Å². The lowest BCUT2D eigenvalue weighted by Crippen LogP contribution is -2.13. The molecule has 0 fully saturated rings. The van der Waals surface area contributed by atoms with Crippen molar-refractivity contribution in [2.45, 2.75) is 19.3 Å². The van der Waals surface area contributed by atoms with Gasteiger partial charge in [-0.2, -0.15) is 13.9 Å². The Bertz CT molecular complexity index is 1040. The number of carbonyl (C=O) groups is 1. The Hall–Kier alpha value is -3.01. The summed E-state index contributed by atoms with van der Waals surface area (Å²) < 4.78 is 47.6. The smallest absolute Gasteiger partial charge is 0.294 e. The minimum absolute atomic E-state index is 0.0873. The molecule has 0 aliphatic rings. The van der Waals surface area contributed by atoms with Crippen LogP contribution in [0.5, 0.6) is 0 Å². The number of allylic oxidation sites excluding steroid dienone is 1. The maximum atomic E-state index is 14.6. The molecule has 0 saturated heterocycles. The van der Waals surface area contributed by atoms with Crippen LogP contribution in [0, 0.1) is 12.7 Å². The van der Waals surface area contributed by atoms with Gasteiger partial charge in [0.15, 0.2) is 0 Å². The second kappa shape index (κ2) is 7.55. The molecule has 3 rings (SSSR count). The van der Waals surface area contributed by atoms with E-state index in [0.717, 1.165) is 29.7 Å². The van der Waals surface area contributed by atoms with Crippen molar-refractivity contribution in [3.63, 3.8) is 0 Å². The van der Waals surface area contributed by atoms with E-state index in [0.29, 0.717) is 10.6 Å². The molecule has 0 aliphatic heterocycles. The first kappa shape index (κ1) is 19.7. The average Bonchev–Trinajstić information content (AvgIpc) is 3.21. The van der Waals surface area contributed by atoms with Crippen molar-refractivity contribution in [3.8, 4) is 11.3 Å². The number of aryl methyl sites for hydroxylation is 2. The summed E-state index contributed by atoms with van der Waals surface area (Å²) in [6.07, 6.45) is 0.537. The molecule has 1 aromatic carbocycles. The lowest BCUT2D eigenvalue weighted by molar-refractivity contribution is -0.00592. The average molecular weight is 407 g/mol. The number of halogens is 3. The number of rotatable bonds is 6. The number of hydrogen-bond acceptors (Lipinski definition) is 5. The van der Waals surface area contributed by atoms with E-state index in [-0.39, 0.29) is 16.9 Å². The third-order valence-corrected chi connectivity index (χ3v) is 4.84. The molecule has 0 bridgehead atoms. The fourth-order valence-electron chi connectivity index (χ4n) is 2.61. The number of benzene rings is 1. The van der Waals surface area contributed by atoms with Crippen molar-refractivity contribution in [1.29, 1.82) is 0 Å². The molecular formula is C18H16F3N5OS. The van der Waals surface area contributed by atoms with Crippen molar-refractivity contribution in [2.24, 2.45) is 7.05 Å². The second-order valence-corrected chi connectivity index (χ2v) is 6.83. The molecule has 146 valence electrons. The van der Waals surface area contributed by atoms with E-state index in [9.17, 15) is 18.0 Å². The van der Waals surface area contributed by atoms with Gasteiger partial charge in [0.2, 0.25) is 0 Å². The minimum Gasteiger partial charge on any atom is -0.321 e. The third-order valence-electron chi connectivity index (χ3n) is 4.02. The number of alkyl halides is 2. The van der Waals surface area contributed by atoms with Crippen LogP contribution in [0.2, 0.25) is 0 Å². The van der Waals surface area contributed by atoms with E-state index < -0.39 is 29.8 Å². The van der Waals surface area contributed by atoms with E-state index in [1.54, 1.807) is 6.92 Å². The van der Waals surface area contributed by atoms with Crippen molar-refractivity contribution >= 4 is 23.1 Å². The Morgan fingerprint density at radius 1 is 1.39 bits per heavy atom. The summed E-state index contributed by atoms with van der Waals surface area (Å²) >= 11 is 0.935. The van der Waals surface area contributed by atoms with Crippen LogP contribution in [-0.2, 0) is 13.0 Å². The highest BCUT2D eigenvalue weighted by Gasteiger charge is 2.34. The van der Waals surface area contributed by atoms with Crippen LogP contribution >= 0.6 is 11.5 Å². The lowest BCUT2D eigenvalue weighted by Gasteiger charge is -2.09. The van der Waals surface area contributed by atoms with Gasteiger partial charge in [0.25, 0.3) is 11.8 Å². The van der Waals surface area contributed by atoms with E-state index in [1.165, 1.54) is 23.9 Å². The Kier molecular flexibility index (Phi) is 5.32. The first-order valence-electron chi connectivity index (χ1n) is 8.16. The van der Waals surface area contributed by atoms with Crippen molar-refractivity contribution < 1.29 is 18.0 Å². The largest absolute Gasteiger partial charge is 0.321 e. The van der Waals surface area contributed by atoms with Gasteiger partial charge in [-0.1, -0.05) is 10.6 Å². The van der Waals surface area contributed by atoms with Gasteiger partial charge in [-0.15, -0.1) is 11.7 Å². The summed E-state index contributed by atoms with van der Waals surface area (Å²) in [5.41, 5.74) is 0.511. The zero-order valence-electron chi connectivity index (χ0n) is 15.0. The van der Waals surface area contributed by atoms with Crippen LogP contribution in [0.15, 0.2) is 36.9 Å². The van der Waals surface area contributed by atoms with Crippen molar-refractivity contribution in [3.05, 3.63) is 59.0 Å². The van der Waals surface area contributed by atoms with Gasteiger partial charge >= 0.3 is 0 Å². The quantitative estimate of drug-likeness (QED) is 0.618. The number of nitrogens with one attached hydrogen (secondary N) is 1. The van der Waals surface area contributed by atoms with E-state index in [1.807, 2.05) is 0 Å². The van der Waals surface area contributed by atoms with Gasteiger partial charge in [-0.3, -0.25) is 9.48 Å². The van der Waals surface area contributed by atoms with Gasteiger partial charge < -0.3 is 5.32 Å². The van der Waals surface area contributed by atoms with E-state index in [4.69, 9.17) is 0 Å². The fraction of sp³-hybridized carbons (Fsp3) is 0.222. The van der Waals surface area contributed by atoms with E-state index in [2.05, 4.69) is 26.6 Å². The van der Waals surface area contributed by atoms with Crippen LogP contribution < -0.4 is 5.32 Å². The molecule has 0 aliphatic carbocycles. The molecule has 1 N–H and O–H groups in total. The number of hydrogen-bond donors (Lipinski definition) is 1. The first-order chi connectivity index (χ1) is 13.2. The van der Waals surface area contributed by atoms with Gasteiger partial charge in [-0.25, -0.2) is 4.39 Å². The summed E-state index contributed by atoms with van der Waals surface area (Å²) in [5, 5.41) is 10.1. The predicted octanol–water partition coefficient (Wildman–Crippen LogP) is 4.31. The number of aromatic nitrogens is 4. The van der Waals surface area contributed by atoms with Crippen molar-refractivity contribution in [1.82, 2.24) is 19.4 Å². The van der Waals surface area contributed by atoms with Crippen LogP contribution in [0.4, 0.5) is 18.9 Å². The zero-order chi connectivity index (χ0) is 20.5. The Balaban J connectivity index is 1.87. The maximum Gasteiger partial charge on any atom is 0.294 e. The molecule has 0 saturated carbocycles. The SMILES string of the molecule is C=CCC(F)(F)c1cc(-c2ccc(NC(=O)c3snnc3C)cc2F)n(C)n1. The molecule has 3 aromatic rings. The Morgan fingerprint density at radius 3 is 2.75 bits per heavy atom. The molecule has 2 heterocycles. The summed E-state index contributed by atoms with van der Waals surface area (Å²) in [7, 11) is 1.46. The Morgan fingerprint density at radius 2 is 2.14 bits per heavy atom. The number of carbonyl (C=O) groups excluding carboxylic acids is 1. The second-order valence-electron chi connectivity index (χ2n) is 6.07. The summed E-state index contributed by atoms with van der Waals surface area (Å²) in [6.45, 7) is 4.96. The molecule has 0 radical (unpaired) electrons. The van der Waals surface area contributed by atoms with Gasteiger partial charge in [-0.05, 0) is 42.7 Å². The monoisotopic (exact) mass is 407 g/mol. The molecular weight excluding hydrogens is 391 g/mol.